The molecule has 0 aromatic heterocycles. The average molecular weight is 518 g/mol. The Kier molecular flexibility index (Phi) is 6.84. The smallest absolute Gasteiger partial charge is 0.271 e. The highest BCUT2D eigenvalue weighted by atomic mass is 33.1. The number of thioether (sulfide) groups is 1. The van der Waals surface area contributed by atoms with Gasteiger partial charge < -0.3 is 0 Å². The lowest BCUT2D eigenvalue weighted by Gasteiger charge is -2.23. The second kappa shape index (κ2) is 9.00. The van der Waals surface area contributed by atoms with Gasteiger partial charge in [-0.05, 0) is 49.4 Å². The van der Waals surface area contributed by atoms with Crippen LogP contribution in [0.2, 0.25) is 0 Å². The predicted octanol–water partition coefficient (Wildman–Crippen LogP) is 4.66. The van der Waals surface area contributed by atoms with E-state index in [-0.39, 0.29) is 27.4 Å². The molecule has 1 atom stereocenters. The molecular weight excluding hydrogens is 502 g/mol. The van der Waals surface area contributed by atoms with Crippen molar-refractivity contribution >= 4 is 48.2 Å². The first-order chi connectivity index (χ1) is 15.2. The largest absolute Gasteiger partial charge is 0.417 e. The number of benzene rings is 2. The van der Waals surface area contributed by atoms with Crippen molar-refractivity contribution in [3.05, 3.63) is 59.4 Å². The SMILES string of the molecule is CC1(CSc2ccc(F)cc2)N=C(SS(C)(=O)=O)N(c2ccc(C#N)c(C(F)(F)F)c2)C1=O. The van der Waals surface area contributed by atoms with Crippen molar-refractivity contribution in [2.45, 2.75) is 23.5 Å². The third-order valence-electron chi connectivity index (χ3n) is 4.44. The van der Waals surface area contributed by atoms with E-state index in [0.29, 0.717) is 11.0 Å². The zero-order valence-corrected chi connectivity index (χ0v) is 19.5. The monoisotopic (exact) mass is 517 g/mol. The highest BCUT2D eigenvalue weighted by Gasteiger charge is 2.47. The second-order valence-electron chi connectivity index (χ2n) is 7.18. The van der Waals surface area contributed by atoms with E-state index in [1.54, 1.807) is 0 Å². The lowest BCUT2D eigenvalue weighted by Crippen LogP contribution is -2.42. The molecule has 0 aliphatic carbocycles. The maximum Gasteiger partial charge on any atom is 0.417 e. The normalized spacial score (nSPS) is 18.9. The molecule has 1 amide bonds. The molecule has 0 saturated carbocycles. The molecule has 33 heavy (non-hydrogen) atoms. The van der Waals surface area contributed by atoms with Crippen molar-refractivity contribution in [3.8, 4) is 6.07 Å². The molecule has 1 unspecified atom stereocenters. The second-order valence-corrected chi connectivity index (χ2v) is 12.5. The first kappa shape index (κ1) is 25.1. The Balaban J connectivity index is 2.02. The predicted molar refractivity (Wildman–Crippen MR) is 119 cm³/mol. The Labute approximate surface area is 195 Å². The van der Waals surface area contributed by atoms with Gasteiger partial charge in [-0.3, -0.25) is 9.69 Å². The van der Waals surface area contributed by atoms with Crippen LogP contribution in [0.25, 0.3) is 0 Å². The highest BCUT2D eigenvalue weighted by Crippen LogP contribution is 2.40. The fraction of sp³-hybridized carbons (Fsp3) is 0.250. The molecule has 0 radical (unpaired) electrons. The molecule has 0 bridgehead atoms. The Bertz CT molecular complexity index is 1270. The van der Waals surface area contributed by atoms with Gasteiger partial charge in [-0.2, -0.15) is 18.4 Å². The number of hydrogen-bond donors (Lipinski definition) is 0. The van der Waals surface area contributed by atoms with Crippen LogP contribution in [-0.2, 0) is 19.8 Å². The Hall–Kier alpha value is -2.56. The molecule has 1 aliphatic heterocycles. The molecule has 2 aromatic rings. The van der Waals surface area contributed by atoms with Gasteiger partial charge in [-0.25, -0.2) is 17.8 Å². The minimum absolute atomic E-state index is 0.0181. The fourth-order valence-electron chi connectivity index (χ4n) is 2.91. The zero-order chi connectivity index (χ0) is 24.6. The van der Waals surface area contributed by atoms with Gasteiger partial charge in [0, 0.05) is 27.7 Å². The van der Waals surface area contributed by atoms with Crippen LogP contribution in [-0.4, -0.2) is 37.0 Å². The van der Waals surface area contributed by atoms with E-state index < -0.39 is 43.4 Å². The highest BCUT2D eigenvalue weighted by molar-refractivity contribution is 8.77. The number of carbonyl (C=O) groups is 1. The van der Waals surface area contributed by atoms with Gasteiger partial charge in [0.25, 0.3) is 5.91 Å². The van der Waals surface area contributed by atoms with Crippen molar-refractivity contribution < 1.29 is 30.8 Å². The molecule has 1 heterocycles. The van der Waals surface area contributed by atoms with Gasteiger partial charge in [-0.15, -0.1) is 11.8 Å². The van der Waals surface area contributed by atoms with Crippen LogP contribution in [0, 0.1) is 17.1 Å². The van der Waals surface area contributed by atoms with Crippen molar-refractivity contribution in [3.63, 3.8) is 0 Å². The number of aliphatic imine (C=N–C) groups is 1. The van der Waals surface area contributed by atoms with Gasteiger partial charge in [0.15, 0.2) is 5.17 Å². The third kappa shape index (κ3) is 5.69. The minimum atomic E-state index is -4.87. The van der Waals surface area contributed by atoms with Crippen LogP contribution in [0.4, 0.5) is 23.2 Å². The van der Waals surface area contributed by atoms with Gasteiger partial charge >= 0.3 is 6.18 Å². The quantitative estimate of drug-likeness (QED) is 0.326. The molecule has 0 spiro atoms. The number of carbonyl (C=O) groups excluding carboxylic acids is 1. The number of nitriles is 1. The molecule has 0 N–H and O–H groups in total. The fourth-order valence-corrected chi connectivity index (χ4v) is 5.79. The first-order valence-corrected chi connectivity index (χ1v) is 13.3. The number of hydrogen-bond acceptors (Lipinski definition) is 7. The van der Waals surface area contributed by atoms with E-state index in [1.165, 1.54) is 37.3 Å². The van der Waals surface area contributed by atoms with E-state index in [9.17, 15) is 30.8 Å². The molecule has 0 saturated heterocycles. The lowest BCUT2D eigenvalue weighted by molar-refractivity contribution is -0.137. The summed E-state index contributed by atoms with van der Waals surface area (Å²) in [5, 5.41) is 8.71. The summed E-state index contributed by atoms with van der Waals surface area (Å²) >= 11 is 1.16. The molecule has 3 rings (SSSR count). The topological polar surface area (TPSA) is 90.6 Å². The number of amidine groups is 1. The summed E-state index contributed by atoms with van der Waals surface area (Å²) in [6.45, 7) is 1.43. The maximum atomic E-state index is 13.4. The first-order valence-electron chi connectivity index (χ1n) is 9.07. The molecular formula is C20H15F4N3O3S3. The molecule has 2 aromatic carbocycles. The van der Waals surface area contributed by atoms with Crippen LogP contribution < -0.4 is 4.90 Å². The molecule has 1 aliphatic rings. The van der Waals surface area contributed by atoms with Crippen LogP contribution in [0.5, 0.6) is 0 Å². The van der Waals surface area contributed by atoms with Crippen LogP contribution in [0.15, 0.2) is 52.4 Å². The standard InChI is InChI=1S/C20H15F4N3O3S3/c1-19(11-31-15-7-4-13(21)5-8-15)17(28)27(18(26-19)32-33(2,29)30)14-6-3-12(10-25)16(9-14)20(22,23)24/h3-9H,11H2,1-2H3. The van der Waals surface area contributed by atoms with Gasteiger partial charge in [0.1, 0.15) is 11.4 Å². The summed E-state index contributed by atoms with van der Waals surface area (Å²) in [5.74, 6) is -1.16. The molecule has 0 fully saturated rings. The van der Waals surface area contributed by atoms with Crippen molar-refractivity contribution in [2.75, 3.05) is 16.9 Å². The van der Waals surface area contributed by atoms with E-state index in [0.717, 1.165) is 35.1 Å². The average Bonchev–Trinajstić information content (AvgIpc) is 2.95. The third-order valence-corrected chi connectivity index (χ3v) is 7.84. The summed E-state index contributed by atoms with van der Waals surface area (Å²) < 4.78 is 77.3. The Morgan fingerprint density at radius 2 is 1.82 bits per heavy atom. The molecule has 174 valence electrons. The zero-order valence-electron chi connectivity index (χ0n) is 17.1. The minimum Gasteiger partial charge on any atom is -0.271 e. The molecule has 13 heteroatoms. The summed E-state index contributed by atoms with van der Waals surface area (Å²) in [6, 6.07) is 9.57. The number of nitrogens with zero attached hydrogens (tertiary/aromatic N) is 3. The van der Waals surface area contributed by atoms with Crippen LogP contribution in [0.3, 0.4) is 0 Å². The van der Waals surface area contributed by atoms with Crippen molar-refractivity contribution in [2.24, 2.45) is 4.99 Å². The summed E-state index contributed by atoms with van der Waals surface area (Å²) in [4.78, 5) is 19.0. The van der Waals surface area contributed by atoms with E-state index in [4.69, 9.17) is 5.26 Å². The van der Waals surface area contributed by atoms with E-state index in [1.807, 2.05) is 0 Å². The Morgan fingerprint density at radius 1 is 1.18 bits per heavy atom. The molecule has 6 nitrogen and oxygen atoms in total. The van der Waals surface area contributed by atoms with Gasteiger partial charge in [0.2, 0.25) is 8.87 Å². The van der Waals surface area contributed by atoms with Gasteiger partial charge in [0.05, 0.1) is 22.9 Å². The van der Waals surface area contributed by atoms with E-state index in [2.05, 4.69) is 4.99 Å². The number of amides is 1. The van der Waals surface area contributed by atoms with Crippen LogP contribution in [0.1, 0.15) is 18.1 Å². The summed E-state index contributed by atoms with van der Waals surface area (Å²) in [5.41, 5.74) is -3.66. The number of alkyl halides is 3. The summed E-state index contributed by atoms with van der Waals surface area (Å²) in [7, 11) is -3.53. The van der Waals surface area contributed by atoms with E-state index >= 15 is 0 Å². The van der Waals surface area contributed by atoms with Gasteiger partial charge in [-0.1, -0.05) is 0 Å². The van der Waals surface area contributed by atoms with Crippen molar-refractivity contribution in [1.82, 2.24) is 0 Å². The lowest BCUT2D eigenvalue weighted by atomic mass is 10.0. The Morgan fingerprint density at radius 3 is 2.36 bits per heavy atom. The summed E-state index contributed by atoms with van der Waals surface area (Å²) in [6.07, 6.45) is -3.99. The van der Waals surface area contributed by atoms with Crippen molar-refractivity contribution in [1.29, 1.82) is 5.26 Å². The number of rotatable bonds is 5. The number of halogens is 4. The maximum absolute atomic E-state index is 13.4. The van der Waals surface area contributed by atoms with Crippen LogP contribution >= 0.6 is 22.6 Å². The number of anilines is 1.